The molecule has 4 N–H and O–H groups in total. The first-order valence-electron chi connectivity index (χ1n) is 24.1. The van der Waals surface area contributed by atoms with Gasteiger partial charge in [0.25, 0.3) is 0 Å². The van der Waals surface area contributed by atoms with Crippen LogP contribution in [0, 0.1) is 23.7 Å². The minimum absolute atomic E-state index is 0.0736. The van der Waals surface area contributed by atoms with E-state index in [4.69, 9.17) is 19.4 Å². The van der Waals surface area contributed by atoms with Crippen molar-refractivity contribution in [3.05, 3.63) is 59.2 Å². The Kier molecular flexibility index (Phi) is 14.3. The van der Waals surface area contributed by atoms with Gasteiger partial charge in [0.1, 0.15) is 24.2 Å². The molecule has 6 atom stereocenters. The molecule has 2 saturated heterocycles. The standard InChI is InChI=1S/C52H70N8O8/c1-27(2)43(57-49(65)67-11)47(63)59-25-29(5)17-37(59)45(61)55-33-19-31(21-53-23-33)39-35-13-15-52(9,10)42(35)40(36-14-16-51(7,8)41(36)39)32-20-34(24-54-22-32)56-46(62)38-18-30(6)26-60(38)48(64)44(28(3)4)58-50(66)68-12/h19-24,27-30,37-38,43-44H,13-18,25-26H2,1-12H3,(H,55,61)(H,56,62)(H,57,65)(H,58,66)/t29?,30?,37-,38-,43-,44-/m0/s1. The summed E-state index contributed by atoms with van der Waals surface area (Å²) in [6.07, 6.45) is 10.0. The Morgan fingerprint density at radius 1 is 0.618 bits per heavy atom. The molecule has 366 valence electrons. The summed E-state index contributed by atoms with van der Waals surface area (Å²) in [6.45, 7) is 21.3. The summed E-state index contributed by atoms with van der Waals surface area (Å²) < 4.78 is 9.59. The summed E-state index contributed by atoms with van der Waals surface area (Å²) in [5, 5.41) is 11.5. The van der Waals surface area contributed by atoms with Crippen molar-refractivity contribution in [2.24, 2.45) is 23.7 Å². The van der Waals surface area contributed by atoms with Crippen LogP contribution >= 0.6 is 0 Å². The summed E-state index contributed by atoms with van der Waals surface area (Å²) in [5.41, 5.74) is 9.61. The highest BCUT2D eigenvalue weighted by Gasteiger charge is 2.45. The fourth-order valence-corrected chi connectivity index (χ4v) is 11.2. The lowest BCUT2D eigenvalue weighted by atomic mass is 9.74. The van der Waals surface area contributed by atoms with E-state index in [0.717, 1.165) is 47.9 Å². The molecule has 68 heavy (non-hydrogen) atoms. The first kappa shape index (κ1) is 49.8. The van der Waals surface area contributed by atoms with Gasteiger partial charge in [-0.05, 0) is 119 Å². The zero-order chi connectivity index (χ0) is 49.6. The highest BCUT2D eigenvalue weighted by molar-refractivity contribution is 6.01. The number of nitrogens with one attached hydrogen (secondary N) is 4. The number of benzene rings is 1. The van der Waals surface area contributed by atoms with Gasteiger partial charge in [0.2, 0.25) is 23.6 Å². The summed E-state index contributed by atoms with van der Waals surface area (Å²) in [4.78, 5) is 93.0. The maximum absolute atomic E-state index is 14.2. The van der Waals surface area contributed by atoms with Gasteiger partial charge in [-0.15, -0.1) is 0 Å². The number of hydrogen-bond donors (Lipinski definition) is 4. The van der Waals surface area contributed by atoms with Crippen LogP contribution in [-0.2, 0) is 52.3 Å². The number of nitrogens with zero attached hydrogens (tertiary/aromatic N) is 4. The molecule has 2 unspecified atom stereocenters. The van der Waals surface area contributed by atoms with Gasteiger partial charge in [-0.1, -0.05) is 69.2 Å². The van der Waals surface area contributed by atoms with Crippen LogP contribution in [0.4, 0.5) is 21.0 Å². The summed E-state index contributed by atoms with van der Waals surface area (Å²) in [5.74, 6) is -1.59. The molecule has 4 heterocycles. The van der Waals surface area contributed by atoms with E-state index in [1.54, 1.807) is 22.2 Å². The number of ether oxygens (including phenoxy) is 2. The van der Waals surface area contributed by atoms with Gasteiger partial charge in [-0.3, -0.25) is 29.1 Å². The van der Waals surface area contributed by atoms with E-state index in [9.17, 15) is 28.8 Å². The number of anilines is 2. The van der Waals surface area contributed by atoms with E-state index in [2.05, 4.69) is 49.0 Å². The fourth-order valence-electron chi connectivity index (χ4n) is 11.2. The molecule has 2 aliphatic carbocycles. The van der Waals surface area contributed by atoms with E-state index in [1.807, 2.05) is 66.1 Å². The largest absolute Gasteiger partial charge is 0.453 e. The third-order valence-electron chi connectivity index (χ3n) is 14.6. The number of hydrogen-bond acceptors (Lipinski definition) is 10. The Bertz CT molecular complexity index is 2310. The summed E-state index contributed by atoms with van der Waals surface area (Å²) >= 11 is 0. The van der Waals surface area contributed by atoms with Gasteiger partial charge < -0.3 is 40.5 Å². The van der Waals surface area contributed by atoms with Crippen LogP contribution in [-0.4, -0.2) is 107 Å². The molecule has 2 aliphatic heterocycles. The smallest absolute Gasteiger partial charge is 0.407 e. The van der Waals surface area contributed by atoms with Crippen LogP contribution < -0.4 is 21.3 Å². The summed E-state index contributed by atoms with van der Waals surface area (Å²) in [6, 6.07) is 0.806. The van der Waals surface area contributed by atoms with Gasteiger partial charge >= 0.3 is 12.2 Å². The number of pyridine rings is 2. The number of carbonyl (C=O) groups is 6. The average Bonchev–Trinajstić information content (AvgIpc) is 4.05. The van der Waals surface area contributed by atoms with Crippen LogP contribution in [0.3, 0.4) is 0 Å². The van der Waals surface area contributed by atoms with Gasteiger partial charge in [0.15, 0.2) is 0 Å². The van der Waals surface area contributed by atoms with Crippen molar-refractivity contribution in [1.82, 2.24) is 30.4 Å². The second-order valence-electron chi connectivity index (χ2n) is 21.5. The number of aromatic nitrogens is 2. The predicted molar refractivity (Wildman–Crippen MR) is 260 cm³/mol. The SMILES string of the molecule is COC(=O)N[C@H](C(=O)N1CC(C)C[C@H]1C(=O)Nc1cncc(-c2c3c(c(-c4cncc(NC(=O)[C@@H]5CC(C)CN5C(=O)[C@@H](NC(=O)OC)C(C)C)c4)c4c2C(C)(C)CC4)C(C)(C)CC3)c1)C(C)C. The Labute approximate surface area is 400 Å². The minimum Gasteiger partial charge on any atom is -0.453 e. The molecule has 2 fully saturated rings. The average molecular weight is 935 g/mol. The lowest BCUT2D eigenvalue weighted by Crippen LogP contribution is -2.54. The Hall–Kier alpha value is -6.06. The zero-order valence-electron chi connectivity index (χ0n) is 41.8. The first-order valence-corrected chi connectivity index (χ1v) is 24.1. The van der Waals surface area contributed by atoms with Crippen LogP contribution in [0.5, 0.6) is 0 Å². The monoisotopic (exact) mass is 935 g/mol. The molecule has 0 bridgehead atoms. The lowest BCUT2D eigenvalue weighted by Gasteiger charge is -2.31. The van der Waals surface area contributed by atoms with E-state index in [0.29, 0.717) is 37.3 Å². The van der Waals surface area contributed by atoms with Gasteiger partial charge in [0.05, 0.1) is 38.0 Å². The molecule has 0 spiro atoms. The third-order valence-corrected chi connectivity index (χ3v) is 14.6. The van der Waals surface area contributed by atoms with Gasteiger partial charge in [-0.2, -0.15) is 0 Å². The van der Waals surface area contributed by atoms with Crippen molar-refractivity contribution in [2.75, 3.05) is 37.9 Å². The van der Waals surface area contributed by atoms with Crippen LogP contribution in [0.1, 0.15) is 117 Å². The van der Waals surface area contributed by atoms with E-state index >= 15 is 0 Å². The molecule has 16 heteroatoms. The lowest BCUT2D eigenvalue weighted by molar-refractivity contribution is -0.139. The van der Waals surface area contributed by atoms with Crippen molar-refractivity contribution in [3.63, 3.8) is 0 Å². The number of rotatable bonds is 12. The van der Waals surface area contributed by atoms with Gasteiger partial charge in [-0.25, -0.2) is 9.59 Å². The van der Waals surface area contributed by atoms with Crippen molar-refractivity contribution >= 4 is 47.2 Å². The first-order chi connectivity index (χ1) is 32.1. The normalized spacial score (nSPS) is 22.0. The van der Waals surface area contributed by atoms with Crippen molar-refractivity contribution in [3.8, 4) is 22.3 Å². The van der Waals surface area contributed by atoms with Crippen LogP contribution in [0.25, 0.3) is 22.3 Å². The second kappa shape index (κ2) is 19.5. The number of likely N-dealkylation sites (tertiary alicyclic amines) is 2. The number of fused-ring (bicyclic) bond motifs is 2. The number of carbonyl (C=O) groups excluding carboxylic acids is 6. The number of methoxy groups -OCH3 is 2. The number of alkyl carbamates (subject to hydrolysis) is 2. The quantitative estimate of drug-likeness (QED) is 0.142. The van der Waals surface area contributed by atoms with E-state index in [1.165, 1.54) is 36.5 Å². The topological polar surface area (TPSA) is 201 Å². The molecule has 0 radical (unpaired) electrons. The molecule has 3 aromatic rings. The Morgan fingerprint density at radius 2 is 0.985 bits per heavy atom. The molecule has 1 aromatic carbocycles. The molecule has 7 rings (SSSR count). The second-order valence-corrected chi connectivity index (χ2v) is 21.5. The van der Waals surface area contributed by atoms with Crippen molar-refractivity contribution in [1.29, 1.82) is 0 Å². The molecular formula is C52H70N8O8. The predicted octanol–water partition coefficient (Wildman–Crippen LogP) is 7.37. The minimum atomic E-state index is -0.851. The zero-order valence-corrected chi connectivity index (χ0v) is 41.8. The molecular weight excluding hydrogens is 865 g/mol. The Balaban J connectivity index is 1.21. The fraction of sp³-hybridized carbons (Fsp3) is 0.577. The van der Waals surface area contributed by atoms with E-state index in [-0.39, 0.29) is 58.1 Å². The molecule has 0 saturated carbocycles. The Morgan fingerprint density at radius 3 is 1.32 bits per heavy atom. The molecule has 4 aliphatic rings. The van der Waals surface area contributed by atoms with Crippen LogP contribution in [0.15, 0.2) is 36.9 Å². The maximum atomic E-state index is 14.2. The van der Waals surface area contributed by atoms with Gasteiger partial charge in [0, 0.05) is 36.6 Å². The van der Waals surface area contributed by atoms with Crippen molar-refractivity contribution < 1.29 is 38.2 Å². The van der Waals surface area contributed by atoms with E-state index < -0.39 is 36.4 Å². The summed E-state index contributed by atoms with van der Waals surface area (Å²) in [7, 11) is 2.51. The highest BCUT2D eigenvalue weighted by Crippen LogP contribution is 2.56. The molecule has 16 nitrogen and oxygen atoms in total. The molecule has 2 aromatic heterocycles. The van der Waals surface area contributed by atoms with Crippen LogP contribution in [0.2, 0.25) is 0 Å². The van der Waals surface area contributed by atoms with Crippen molar-refractivity contribution in [2.45, 2.75) is 143 Å². The number of amides is 6. The maximum Gasteiger partial charge on any atom is 0.407 e. The highest BCUT2D eigenvalue weighted by atomic mass is 16.5. The third kappa shape index (κ3) is 9.78. The molecule has 6 amide bonds.